The predicted molar refractivity (Wildman–Crippen MR) is 113 cm³/mol. The maximum absolute atomic E-state index is 14.0. The number of rotatable bonds is 5. The summed E-state index contributed by atoms with van der Waals surface area (Å²) in [5.41, 5.74) is 0.510. The molecule has 0 spiro atoms. The van der Waals surface area contributed by atoms with E-state index in [9.17, 15) is 23.2 Å². The third-order valence-electron chi connectivity index (χ3n) is 4.93. The highest BCUT2D eigenvalue weighted by molar-refractivity contribution is 8.03. The van der Waals surface area contributed by atoms with Crippen molar-refractivity contribution in [1.82, 2.24) is 9.80 Å². The molecule has 0 aliphatic carbocycles. The fourth-order valence-electron chi connectivity index (χ4n) is 3.42. The highest BCUT2D eigenvalue weighted by Gasteiger charge is 2.47. The molecule has 2 unspecified atom stereocenters. The second kappa shape index (κ2) is 8.68. The van der Waals surface area contributed by atoms with Crippen LogP contribution >= 0.6 is 23.4 Å². The maximum atomic E-state index is 14.0. The van der Waals surface area contributed by atoms with Crippen LogP contribution in [0.1, 0.15) is 5.56 Å². The van der Waals surface area contributed by atoms with Crippen molar-refractivity contribution in [2.75, 3.05) is 11.9 Å². The number of nitrogens with zero attached hydrogens (tertiary/aromatic N) is 2. The molecule has 10 heteroatoms. The molecule has 160 valence electrons. The number of carbonyl (C=O) groups is 3. The number of hydrogen-bond donors (Lipinski definition) is 1. The number of fused-ring (bicyclic) bond motifs is 1. The normalized spacial score (nSPS) is 20.2. The van der Waals surface area contributed by atoms with Crippen LogP contribution in [0.3, 0.4) is 0 Å². The molecule has 0 saturated carbocycles. The Bertz CT molecular complexity index is 1080. The monoisotopic (exact) mass is 463 g/mol. The minimum Gasteiger partial charge on any atom is -0.322 e. The zero-order valence-corrected chi connectivity index (χ0v) is 17.5. The Morgan fingerprint density at radius 3 is 2.58 bits per heavy atom. The minimum atomic E-state index is -0.701. The van der Waals surface area contributed by atoms with Gasteiger partial charge in [0.05, 0.1) is 18.3 Å². The molecule has 2 aliphatic rings. The summed E-state index contributed by atoms with van der Waals surface area (Å²) in [7, 11) is 0. The third kappa shape index (κ3) is 4.42. The topological polar surface area (TPSA) is 69.7 Å². The summed E-state index contributed by atoms with van der Waals surface area (Å²) in [5.74, 6) is -2.12. The number of nitrogens with one attached hydrogen (secondary N) is 1. The molecule has 2 aliphatic heterocycles. The Labute approximate surface area is 185 Å². The van der Waals surface area contributed by atoms with Gasteiger partial charge in [0, 0.05) is 5.02 Å². The molecular formula is C21H16ClF2N3O3S. The molecular weight excluding hydrogens is 448 g/mol. The number of urea groups is 1. The van der Waals surface area contributed by atoms with Gasteiger partial charge in [0.2, 0.25) is 11.8 Å². The predicted octanol–water partition coefficient (Wildman–Crippen LogP) is 4.02. The van der Waals surface area contributed by atoms with Crippen molar-refractivity contribution in [2.45, 2.75) is 17.8 Å². The van der Waals surface area contributed by atoms with E-state index < -0.39 is 34.9 Å². The van der Waals surface area contributed by atoms with Crippen LogP contribution in [0.15, 0.2) is 53.9 Å². The van der Waals surface area contributed by atoms with Crippen molar-refractivity contribution in [3.8, 4) is 0 Å². The number of carbonyl (C=O) groups excluding carboxylic acids is 3. The first-order valence-electron chi connectivity index (χ1n) is 9.27. The van der Waals surface area contributed by atoms with Gasteiger partial charge in [-0.3, -0.25) is 14.5 Å². The second-order valence-corrected chi connectivity index (χ2v) is 8.50. The number of thioether (sulfide) groups is 1. The van der Waals surface area contributed by atoms with Crippen molar-refractivity contribution < 1.29 is 23.2 Å². The van der Waals surface area contributed by atoms with Gasteiger partial charge in [-0.15, -0.1) is 11.8 Å². The Hall–Kier alpha value is -2.91. The third-order valence-corrected chi connectivity index (χ3v) is 6.25. The summed E-state index contributed by atoms with van der Waals surface area (Å²) in [6.07, 6.45) is 1.69. The quantitative estimate of drug-likeness (QED) is 0.727. The first kappa shape index (κ1) is 21.3. The van der Waals surface area contributed by atoms with Crippen LogP contribution in [0.2, 0.25) is 5.02 Å². The summed E-state index contributed by atoms with van der Waals surface area (Å²) < 4.78 is 27.2. The van der Waals surface area contributed by atoms with E-state index in [4.69, 9.17) is 11.6 Å². The molecule has 1 saturated heterocycles. The van der Waals surface area contributed by atoms with Crippen LogP contribution in [0.5, 0.6) is 0 Å². The highest BCUT2D eigenvalue weighted by Crippen LogP contribution is 2.35. The first-order valence-corrected chi connectivity index (χ1v) is 10.6. The minimum absolute atomic E-state index is 0.0499. The van der Waals surface area contributed by atoms with Crippen LogP contribution in [0, 0.1) is 11.6 Å². The molecule has 31 heavy (non-hydrogen) atoms. The lowest BCUT2D eigenvalue weighted by molar-refractivity contribution is -0.132. The number of halogens is 3. The van der Waals surface area contributed by atoms with Gasteiger partial charge in [-0.2, -0.15) is 0 Å². The summed E-state index contributed by atoms with van der Waals surface area (Å²) in [6, 6.07) is 8.06. The second-order valence-electron chi connectivity index (χ2n) is 7.01. The molecule has 2 heterocycles. The number of anilines is 1. The number of hydrogen-bond acceptors (Lipinski definition) is 4. The molecule has 0 aromatic heterocycles. The van der Waals surface area contributed by atoms with Gasteiger partial charge >= 0.3 is 6.03 Å². The lowest BCUT2D eigenvalue weighted by Gasteiger charge is -2.40. The number of benzene rings is 2. The standard InChI is InChI=1S/C21H16ClF2N3O3S/c22-13-3-6-16(15(24)9-13)25-18(28)11-26-17-7-8-31-19(17)20(29)27(21(26)30)10-12-1-4-14(23)5-2-12/h1-9,17,19H,10-11H2,(H,25,28). The Morgan fingerprint density at radius 1 is 1.13 bits per heavy atom. The Kier molecular flexibility index (Phi) is 5.97. The Morgan fingerprint density at radius 2 is 1.87 bits per heavy atom. The van der Waals surface area contributed by atoms with E-state index >= 15 is 0 Å². The molecule has 2 aromatic carbocycles. The fourth-order valence-corrected chi connectivity index (χ4v) is 4.64. The number of amides is 4. The molecule has 6 nitrogen and oxygen atoms in total. The smallest absolute Gasteiger partial charge is 0.322 e. The van der Waals surface area contributed by atoms with Gasteiger partial charge in [0.1, 0.15) is 23.4 Å². The molecule has 2 aromatic rings. The van der Waals surface area contributed by atoms with Gasteiger partial charge in [-0.25, -0.2) is 13.6 Å². The van der Waals surface area contributed by atoms with Gasteiger partial charge < -0.3 is 10.2 Å². The molecule has 0 radical (unpaired) electrons. The SMILES string of the molecule is O=C(CN1C(=O)N(Cc2ccc(F)cc2)C(=O)C2SC=CC21)Nc1ccc(Cl)cc1F. The highest BCUT2D eigenvalue weighted by atomic mass is 35.5. The van der Waals surface area contributed by atoms with Crippen LogP contribution in [0.4, 0.5) is 19.3 Å². The molecule has 4 amide bonds. The average molecular weight is 464 g/mol. The van der Waals surface area contributed by atoms with Crippen molar-refractivity contribution >= 4 is 46.9 Å². The van der Waals surface area contributed by atoms with E-state index in [2.05, 4.69) is 5.32 Å². The molecule has 1 fully saturated rings. The van der Waals surface area contributed by atoms with E-state index in [0.717, 1.165) is 11.0 Å². The van der Waals surface area contributed by atoms with E-state index in [1.165, 1.54) is 53.1 Å². The molecule has 1 N–H and O–H groups in total. The summed E-state index contributed by atoms with van der Waals surface area (Å²) >= 11 is 6.98. The van der Waals surface area contributed by atoms with Crippen molar-refractivity contribution in [3.63, 3.8) is 0 Å². The lowest BCUT2D eigenvalue weighted by atomic mass is 10.1. The summed E-state index contributed by atoms with van der Waals surface area (Å²) in [4.78, 5) is 40.8. The molecule has 4 rings (SSSR count). The van der Waals surface area contributed by atoms with E-state index in [-0.39, 0.29) is 29.7 Å². The summed E-state index contributed by atoms with van der Waals surface area (Å²) in [5, 5.41) is 3.74. The zero-order valence-electron chi connectivity index (χ0n) is 15.9. The van der Waals surface area contributed by atoms with E-state index in [1.54, 1.807) is 11.5 Å². The first-order chi connectivity index (χ1) is 14.8. The molecule has 2 atom stereocenters. The number of imide groups is 1. The summed E-state index contributed by atoms with van der Waals surface area (Å²) in [6.45, 7) is -0.425. The van der Waals surface area contributed by atoms with E-state index in [1.807, 2.05) is 0 Å². The van der Waals surface area contributed by atoms with Crippen LogP contribution < -0.4 is 5.32 Å². The van der Waals surface area contributed by atoms with Crippen LogP contribution in [-0.4, -0.2) is 45.5 Å². The van der Waals surface area contributed by atoms with Crippen molar-refractivity contribution in [2.24, 2.45) is 0 Å². The maximum Gasteiger partial charge on any atom is 0.328 e. The van der Waals surface area contributed by atoms with Crippen LogP contribution in [-0.2, 0) is 16.1 Å². The van der Waals surface area contributed by atoms with Crippen molar-refractivity contribution in [3.05, 3.63) is 76.2 Å². The Balaban J connectivity index is 1.53. The molecule has 0 bridgehead atoms. The van der Waals surface area contributed by atoms with Gasteiger partial charge in [0.25, 0.3) is 0 Å². The van der Waals surface area contributed by atoms with Gasteiger partial charge in [-0.05, 0) is 41.3 Å². The van der Waals surface area contributed by atoms with E-state index in [0.29, 0.717) is 5.56 Å². The zero-order chi connectivity index (χ0) is 22.1. The van der Waals surface area contributed by atoms with Gasteiger partial charge in [-0.1, -0.05) is 29.8 Å². The van der Waals surface area contributed by atoms with Gasteiger partial charge in [0.15, 0.2) is 0 Å². The average Bonchev–Trinajstić information content (AvgIpc) is 3.22. The largest absolute Gasteiger partial charge is 0.328 e. The van der Waals surface area contributed by atoms with Crippen LogP contribution in [0.25, 0.3) is 0 Å². The fraction of sp³-hybridized carbons (Fsp3) is 0.190. The van der Waals surface area contributed by atoms with Crippen molar-refractivity contribution in [1.29, 1.82) is 0 Å². The lowest BCUT2D eigenvalue weighted by Crippen LogP contribution is -2.62.